The van der Waals surface area contributed by atoms with Crippen molar-refractivity contribution in [2.24, 2.45) is 0 Å². The normalized spacial score (nSPS) is 15.8. The third-order valence-electron chi connectivity index (χ3n) is 4.66. The Bertz CT molecular complexity index is 759. The molecule has 2 aromatic rings. The molecular formula is C19H22N2O4. The number of benzene rings is 2. The molecule has 0 aliphatic carbocycles. The van der Waals surface area contributed by atoms with E-state index in [1.54, 1.807) is 26.4 Å². The first-order chi connectivity index (χ1) is 12.1. The molecule has 132 valence electrons. The molecular weight excluding hydrogens is 320 g/mol. The fourth-order valence-electron chi connectivity index (χ4n) is 3.23. The minimum absolute atomic E-state index is 0.134. The average Bonchev–Trinajstić information content (AvgIpc) is 2.65. The number of hydrogen-bond acceptors (Lipinski definition) is 5. The lowest BCUT2D eigenvalue weighted by Crippen LogP contribution is -2.26. The Kier molecular flexibility index (Phi) is 5.07. The lowest BCUT2D eigenvalue weighted by molar-refractivity contribution is -0.384. The maximum Gasteiger partial charge on any atom is 0.269 e. The number of anilines is 1. The highest BCUT2D eigenvalue weighted by atomic mass is 16.6. The lowest BCUT2D eigenvalue weighted by atomic mass is 9.93. The summed E-state index contributed by atoms with van der Waals surface area (Å²) in [5.74, 6) is 1.48. The van der Waals surface area contributed by atoms with E-state index in [0.29, 0.717) is 6.04 Å². The minimum atomic E-state index is -0.370. The van der Waals surface area contributed by atoms with Gasteiger partial charge in [0.15, 0.2) is 11.5 Å². The maximum atomic E-state index is 10.7. The minimum Gasteiger partial charge on any atom is -0.493 e. The van der Waals surface area contributed by atoms with Gasteiger partial charge < -0.3 is 14.8 Å². The molecule has 1 N–H and O–H groups in total. The molecule has 0 radical (unpaired) electrons. The van der Waals surface area contributed by atoms with Crippen LogP contribution in [0.1, 0.15) is 24.0 Å². The second-order valence-electron chi connectivity index (χ2n) is 6.21. The number of rotatable bonds is 6. The zero-order valence-corrected chi connectivity index (χ0v) is 14.5. The molecule has 6 nitrogen and oxygen atoms in total. The van der Waals surface area contributed by atoms with Crippen LogP contribution in [0, 0.1) is 10.1 Å². The average molecular weight is 342 g/mol. The van der Waals surface area contributed by atoms with Gasteiger partial charge in [-0.2, -0.15) is 0 Å². The number of ether oxygens (including phenoxy) is 2. The van der Waals surface area contributed by atoms with Gasteiger partial charge in [0.1, 0.15) is 0 Å². The second-order valence-corrected chi connectivity index (χ2v) is 6.21. The number of nitrogens with zero attached hydrogens (tertiary/aromatic N) is 1. The van der Waals surface area contributed by atoms with Crippen LogP contribution in [0.3, 0.4) is 0 Å². The summed E-state index contributed by atoms with van der Waals surface area (Å²) in [4.78, 5) is 10.3. The lowest BCUT2D eigenvalue weighted by Gasteiger charge is -2.28. The topological polar surface area (TPSA) is 73.6 Å². The van der Waals surface area contributed by atoms with Gasteiger partial charge in [0.05, 0.1) is 19.1 Å². The third-order valence-corrected chi connectivity index (χ3v) is 4.66. The Morgan fingerprint density at radius 1 is 1.16 bits per heavy atom. The Balaban J connectivity index is 1.63. The molecule has 0 saturated heterocycles. The zero-order chi connectivity index (χ0) is 17.8. The summed E-state index contributed by atoms with van der Waals surface area (Å²) < 4.78 is 10.7. The van der Waals surface area contributed by atoms with Crippen molar-refractivity contribution >= 4 is 11.4 Å². The van der Waals surface area contributed by atoms with Gasteiger partial charge in [-0.1, -0.05) is 12.1 Å². The van der Waals surface area contributed by atoms with Crippen molar-refractivity contribution in [3.8, 4) is 11.5 Å². The summed E-state index contributed by atoms with van der Waals surface area (Å²) in [6.45, 7) is 0. The Hall–Kier alpha value is -2.76. The molecule has 1 heterocycles. The van der Waals surface area contributed by atoms with Gasteiger partial charge >= 0.3 is 0 Å². The zero-order valence-electron chi connectivity index (χ0n) is 14.5. The Morgan fingerprint density at radius 3 is 2.48 bits per heavy atom. The van der Waals surface area contributed by atoms with Crippen LogP contribution in [0.2, 0.25) is 0 Å². The van der Waals surface area contributed by atoms with Crippen LogP contribution < -0.4 is 14.8 Å². The fraction of sp³-hybridized carbons (Fsp3) is 0.368. The van der Waals surface area contributed by atoms with Crippen LogP contribution in [-0.4, -0.2) is 25.2 Å². The number of nitro benzene ring substituents is 1. The van der Waals surface area contributed by atoms with Crippen LogP contribution in [0.15, 0.2) is 36.4 Å². The highest BCUT2D eigenvalue weighted by Crippen LogP contribution is 2.37. The quantitative estimate of drug-likeness (QED) is 0.635. The summed E-state index contributed by atoms with van der Waals surface area (Å²) >= 11 is 0. The van der Waals surface area contributed by atoms with Crippen molar-refractivity contribution in [3.05, 3.63) is 57.6 Å². The molecule has 0 saturated carbocycles. The van der Waals surface area contributed by atoms with Crippen LogP contribution in [-0.2, 0) is 12.8 Å². The van der Waals surface area contributed by atoms with Crippen molar-refractivity contribution < 1.29 is 14.4 Å². The molecule has 1 aliphatic heterocycles. The van der Waals surface area contributed by atoms with Crippen molar-refractivity contribution in [2.45, 2.75) is 31.7 Å². The third kappa shape index (κ3) is 3.84. The number of fused-ring (bicyclic) bond motifs is 1. The number of hydrogen-bond donors (Lipinski definition) is 1. The van der Waals surface area contributed by atoms with E-state index in [2.05, 4.69) is 5.32 Å². The molecule has 6 heteroatoms. The first-order valence-corrected chi connectivity index (χ1v) is 8.35. The van der Waals surface area contributed by atoms with Crippen LogP contribution in [0.25, 0.3) is 0 Å². The van der Waals surface area contributed by atoms with E-state index in [0.717, 1.165) is 48.4 Å². The molecule has 1 aliphatic rings. The van der Waals surface area contributed by atoms with E-state index >= 15 is 0 Å². The highest BCUT2D eigenvalue weighted by Gasteiger charge is 2.20. The molecule has 0 amide bonds. The molecule has 0 aromatic heterocycles. The van der Waals surface area contributed by atoms with Gasteiger partial charge in [-0.15, -0.1) is 0 Å². The van der Waals surface area contributed by atoms with Crippen LogP contribution in [0.5, 0.6) is 11.5 Å². The molecule has 2 aromatic carbocycles. The number of methoxy groups -OCH3 is 2. The SMILES string of the molecule is COc1cc2c(cc1OC)NC(CCc1ccc([N+](=O)[O-])cc1)CC2. The highest BCUT2D eigenvalue weighted by molar-refractivity contribution is 5.62. The predicted octanol–water partition coefficient (Wildman–Crippen LogP) is 3.97. The van der Waals surface area contributed by atoms with Gasteiger partial charge in [0, 0.05) is 29.9 Å². The number of nitro groups is 1. The smallest absolute Gasteiger partial charge is 0.269 e. The number of aryl methyl sites for hydroxylation is 2. The predicted molar refractivity (Wildman–Crippen MR) is 96.7 cm³/mol. The van der Waals surface area contributed by atoms with Gasteiger partial charge in [0.25, 0.3) is 5.69 Å². The van der Waals surface area contributed by atoms with Crippen molar-refractivity contribution in [2.75, 3.05) is 19.5 Å². The van der Waals surface area contributed by atoms with E-state index in [-0.39, 0.29) is 10.6 Å². The fourth-order valence-corrected chi connectivity index (χ4v) is 3.23. The molecule has 0 bridgehead atoms. The summed E-state index contributed by atoms with van der Waals surface area (Å²) in [5, 5.41) is 14.3. The van der Waals surface area contributed by atoms with Gasteiger partial charge in [-0.05, 0) is 42.9 Å². The molecule has 1 atom stereocenters. The Labute approximate surface area is 146 Å². The van der Waals surface area contributed by atoms with E-state index in [1.807, 2.05) is 24.3 Å². The molecule has 1 unspecified atom stereocenters. The van der Waals surface area contributed by atoms with Gasteiger partial charge in [-0.25, -0.2) is 0 Å². The van der Waals surface area contributed by atoms with Crippen molar-refractivity contribution in [1.29, 1.82) is 0 Å². The van der Waals surface area contributed by atoms with E-state index < -0.39 is 0 Å². The Morgan fingerprint density at radius 2 is 1.84 bits per heavy atom. The first kappa shape index (κ1) is 17.1. The van der Waals surface area contributed by atoms with E-state index in [4.69, 9.17) is 9.47 Å². The number of non-ortho nitro benzene ring substituents is 1. The summed E-state index contributed by atoms with van der Waals surface area (Å²) in [7, 11) is 3.28. The van der Waals surface area contributed by atoms with Gasteiger partial charge in [-0.3, -0.25) is 10.1 Å². The van der Waals surface area contributed by atoms with E-state index in [1.165, 1.54) is 5.56 Å². The summed E-state index contributed by atoms with van der Waals surface area (Å²) in [6.07, 6.45) is 3.91. The summed E-state index contributed by atoms with van der Waals surface area (Å²) in [5.41, 5.74) is 3.59. The maximum absolute atomic E-state index is 10.7. The standard InChI is InChI=1S/C19H22N2O4/c1-24-18-11-14-6-8-15(20-17(14)12-19(18)25-2)7-3-13-4-9-16(10-5-13)21(22)23/h4-5,9-12,15,20H,3,6-8H2,1-2H3. The molecule has 0 spiro atoms. The second kappa shape index (κ2) is 7.42. The summed E-state index contributed by atoms with van der Waals surface area (Å²) in [6, 6.07) is 11.2. The van der Waals surface area contributed by atoms with Crippen molar-refractivity contribution in [1.82, 2.24) is 0 Å². The van der Waals surface area contributed by atoms with E-state index in [9.17, 15) is 10.1 Å². The molecule has 0 fully saturated rings. The molecule has 25 heavy (non-hydrogen) atoms. The van der Waals surface area contributed by atoms with Crippen LogP contribution >= 0.6 is 0 Å². The first-order valence-electron chi connectivity index (χ1n) is 8.35. The largest absolute Gasteiger partial charge is 0.493 e. The number of nitrogens with one attached hydrogen (secondary N) is 1. The van der Waals surface area contributed by atoms with Gasteiger partial charge in [0.2, 0.25) is 0 Å². The monoisotopic (exact) mass is 342 g/mol. The molecule has 3 rings (SSSR count). The van der Waals surface area contributed by atoms with Crippen LogP contribution in [0.4, 0.5) is 11.4 Å². The van der Waals surface area contributed by atoms with Crippen molar-refractivity contribution in [3.63, 3.8) is 0 Å².